The maximum absolute atomic E-state index is 14.0. The maximum Gasteiger partial charge on any atom is 0.246 e. The predicted molar refractivity (Wildman–Crippen MR) is 114 cm³/mol. The number of nitrogens with zero attached hydrogens (tertiary/aromatic N) is 3. The number of benzene rings is 2. The molecular formula is C20H17ClF3N3O2S2. The van der Waals surface area contributed by atoms with Crippen LogP contribution >= 0.6 is 22.9 Å². The number of rotatable bonds is 5. The van der Waals surface area contributed by atoms with Crippen LogP contribution < -0.4 is 4.90 Å². The fraction of sp³-hybridized carbons (Fsp3) is 0.250. The number of hydrogen-bond acceptors (Lipinski definition) is 5. The Balaban J connectivity index is 1.41. The highest BCUT2D eigenvalue weighted by Crippen LogP contribution is 2.27. The Morgan fingerprint density at radius 1 is 1.00 bits per heavy atom. The lowest BCUT2D eigenvalue weighted by atomic mass is 10.1. The first-order valence-electron chi connectivity index (χ1n) is 9.32. The molecule has 2 aromatic carbocycles. The minimum Gasteiger partial charge on any atom is -0.345 e. The van der Waals surface area contributed by atoms with E-state index in [0.717, 1.165) is 28.5 Å². The molecule has 5 nitrogen and oxygen atoms in total. The van der Waals surface area contributed by atoms with E-state index in [2.05, 4.69) is 4.98 Å². The molecule has 0 unspecified atom stereocenters. The topological polar surface area (TPSA) is 53.5 Å². The summed E-state index contributed by atoms with van der Waals surface area (Å²) in [7, 11) is -4.06. The molecule has 0 amide bonds. The molecule has 0 aliphatic carbocycles. The molecule has 1 saturated heterocycles. The van der Waals surface area contributed by atoms with E-state index in [4.69, 9.17) is 11.6 Å². The fourth-order valence-electron chi connectivity index (χ4n) is 3.32. The zero-order chi connectivity index (χ0) is 22.2. The third-order valence-corrected chi connectivity index (χ3v) is 8.12. The van der Waals surface area contributed by atoms with E-state index in [1.807, 2.05) is 10.3 Å². The second-order valence-electron chi connectivity index (χ2n) is 7.01. The molecule has 1 aromatic heterocycles. The van der Waals surface area contributed by atoms with Crippen LogP contribution in [0.4, 0.5) is 18.3 Å². The van der Waals surface area contributed by atoms with Gasteiger partial charge in [-0.15, -0.1) is 11.3 Å². The summed E-state index contributed by atoms with van der Waals surface area (Å²) in [5, 5.41) is 2.67. The van der Waals surface area contributed by atoms with E-state index in [-0.39, 0.29) is 18.1 Å². The average Bonchev–Trinajstić information content (AvgIpc) is 3.19. The average molecular weight is 488 g/mol. The van der Waals surface area contributed by atoms with Gasteiger partial charge in [0.25, 0.3) is 0 Å². The van der Waals surface area contributed by atoms with E-state index < -0.39 is 32.4 Å². The monoisotopic (exact) mass is 487 g/mol. The number of anilines is 1. The highest BCUT2D eigenvalue weighted by atomic mass is 35.5. The number of hydrogen-bond donors (Lipinski definition) is 0. The quantitative estimate of drug-likeness (QED) is 0.538. The number of piperazine rings is 1. The lowest BCUT2D eigenvalue weighted by molar-refractivity contribution is 0.382. The molecule has 2 heterocycles. The summed E-state index contributed by atoms with van der Waals surface area (Å²) in [5.74, 6) is -2.42. The van der Waals surface area contributed by atoms with Gasteiger partial charge in [0, 0.05) is 44.0 Å². The molecule has 0 saturated carbocycles. The molecule has 4 rings (SSSR count). The van der Waals surface area contributed by atoms with Gasteiger partial charge in [0.15, 0.2) is 5.13 Å². The van der Waals surface area contributed by atoms with Gasteiger partial charge in [-0.2, -0.15) is 4.31 Å². The van der Waals surface area contributed by atoms with Crippen molar-refractivity contribution in [1.82, 2.24) is 9.29 Å². The van der Waals surface area contributed by atoms with Crippen LogP contribution in [0.5, 0.6) is 0 Å². The van der Waals surface area contributed by atoms with E-state index in [1.165, 1.54) is 27.8 Å². The van der Waals surface area contributed by atoms with Gasteiger partial charge in [0.05, 0.1) is 10.7 Å². The minimum absolute atomic E-state index is 0.0658. The molecule has 0 radical (unpaired) electrons. The van der Waals surface area contributed by atoms with Crippen LogP contribution in [0, 0.1) is 17.5 Å². The Morgan fingerprint density at radius 3 is 2.42 bits per heavy atom. The molecular weight excluding hydrogens is 471 g/mol. The third kappa shape index (κ3) is 4.72. The van der Waals surface area contributed by atoms with Crippen molar-refractivity contribution in [3.05, 3.63) is 75.5 Å². The number of aromatic nitrogens is 1. The first kappa shape index (κ1) is 22.1. The molecule has 3 aromatic rings. The van der Waals surface area contributed by atoms with Crippen LogP contribution in [0.2, 0.25) is 5.02 Å². The summed E-state index contributed by atoms with van der Waals surface area (Å²) in [5.41, 5.74) is 1.51. The summed E-state index contributed by atoms with van der Waals surface area (Å²) < 4.78 is 67.3. The summed E-state index contributed by atoms with van der Waals surface area (Å²) >= 11 is 7.13. The van der Waals surface area contributed by atoms with Crippen molar-refractivity contribution in [2.24, 2.45) is 0 Å². The summed E-state index contributed by atoms with van der Waals surface area (Å²) in [6.07, 6.45) is 0.447. The summed E-state index contributed by atoms with van der Waals surface area (Å²) in [4.78, 5) is 5.98. The van der Waals surface area contributed by atoms with Gasteiger partial charge in [0.2, 0.25) is 10.0 Å². The molecule has 1 aliphatic rings. The SMILES string of the molecule is O=S(=O)(c1ccc(F)cc1F)N1CCN(c2nc(Cc3ccc(Cl)c(F)c3)cs2)CC1. The van der Waals surface area contributed by atoms with Crippen LogP contribution in [0.3, 0.4) is 0 Å². The van der Waals surface area contributed by atoms with Gasteiger partial charge in [0.1, 0.15) is 22.3 Å². The summed E-state index contributed by atoms with van der Waals surface area (Å²) in [6.45, 7) is 1.06. The Bertz CT molecular complexity index is 1210. The molecule has 31 heavy (non-hydrogen) atoms. The number of thiazole rings is 1. The predicted octanol–water partition coefficient (Wildman–Crippen LogP) is 4.32. The van der Waals surface area contributed by atoms with Gasteiger partial charge < -0.3 is 4.90 Å². The molecule has 0 atom stereocenters. The normalized spacial score (nSPS) is 15.4. The van der Waals surface area contributed by atoms with E-state index in [9.17, 15) is 21.6 Å². The van der Waals surface area contributed by atoms with Crippen molar-refractivity contribution in [1.29, 1.82) is 0 Å². The molecule has 0 spiro atoms. The highest BCUT2D eigenvalue weighted by molar-refractivity contribution is 7.89. The second-order valence-corrected chi connectivity index (χ2v) is 10.2. The van der Waals surface area contributed by atoms with Gasteiger partial charge >= 0.3 is 0 Å². The molecule has 0 bridgehead atoms. The van der Waals surface area contributed by atoms with E-state index >= 15 is 0 Å². The zero-order valence-electron chi connectivity index (χ0n) is 16.1. The van der Waals surface area contributed by atoms with Crippen molar-refractivity contribution in [2.75, 3.05) is 31.1 Å². The Morgan fingerprint density at radius 2 is 1.74 bits per heavy atom. The van der Waals surface area contributed by atoms with Gasteiger partial charge in [-0.05, 0) is 29.8 Å². The Hall–Kier alpha value is -2.14. The molecule has 0 N–H and O–H groups in total. The molecule has 1 aliphatic heterocycles. The van der Waals surface area contributed by atoms with Crippen molar-refractivity contribution < 1.29 is 21.6 Å². The van der Waals surface area contributed by atoms with E-state index in [1.54, 1.807) is 6.07 Å². The largest absolute Gasteiger partial charge is 0.345 e. The Labute approximate surface area is 186 Å². The minimum atomic E-state index is -4.06. The fourth-order valence-corrected chi connectivity index (χ4v) is 5.79. The number of halogens is 4. The van der Waals surface area contributed by atoms with Crippen molar-refractivity contribution in [2.45, 2.75) is 11.3 Å². The summed E-state index contributed by atoms with van der Waals surface area (Å²) in [6, 6.07) is 7.05. The van der Waals surface area contributed by atoms with Crippen LogP contribution in [0.1, 0.15) is 11.3 Å². The smallest absolute Gasteiger partial charge is 0.246 e. The standard InChI is InChI=1S/C20H17ClF3N3O2S2/c21-16-3-1-13(10-17(16)23)9-15-12-30-20(25-15)26-5-7-27(8-6-26)31(28,29)19-4-2-14(22)11-18(19)24/h1-4,10-12H,5-9H2. The van der Waals surface area contributed by atoms with Crippen molar-refractivity contribution in [3.8, 4) is 0 Å². The van der Waals surface area contributed by atoms with Crippen LogP contribution in [-0.2, 0) is 16.4 Å². The van der Waals surface area contributed by atoms with Crippen molar-refractivity contribution >= 4 is 38.1 Å². The number of sulfonamides is 1. The molecule has 11 heteroatoms. The molecule has 1 fully saturated rings. The maximum atomic E-state index is 14.0. The second kappa shape index (κ2) is 8.78. The molecule has 164 valence electrons. The van der Waals surface area contributed by atoms with Crippen LogP contribution in [-0.4, -0.2) is 43.9 Å². The lowest BCUT2D eigenvalue weighted by Gasteiger charge is -2.33. The van der Waals surface area contributed by atoms with Crippen LogP contribution in [0.15, 0.2) is 46.7 Å². The highest BCUT2D eigenvalue weighted by Gasteiger charge is 2.31. The van der Waals surface area contributed by atoms with Crippen molar-refractivity contribution in [3.63, 3.8) is 0 Å². The van der Waals surface area contributed by atoms with Gasteiger partial charge in [-0.1, -0.05) is 17.7 Å². The van der Waals surface area contributed by atoms with E-state index in [0.29, 0.717) is 25.6 Å². The third-order valence-electron chi connectivity index (χ3n) is 4.93. The first-order chi connectivity index (χ1) is 14.7. The zero-order valence-corrected chi connectivity index (χ0v) is 18.5. The first-order valence-corrected chi connectivity index (χ1v) is 12.0. The lowest BCUT2D eigenvalue weighted by Crippen LogP contribution is -2.48. The Kier molecular flexibility index (Phi) is 6.25. The van der Waals surface area contributed by atoms with Gasteiger partial charge in [-0.25, -0.2) is 26.6 Å². The van der Waals surface area contributed by atoms with Crippen LogP contribution in [0.25, 0.3) is 0 Å². The van der Waals surface area contributed by atoms with Gasteiger partial charge in [-0.3, -0.25) is 0 Å².